The van der Waals surface area contributed by atoms with E-state index in [1.54, 1.807) is 17.2 Å². The van der Waals surface area contributed by atoms with E-state index in [0.717, 1.165) is 18.2 Å². The summed E-state index contributed by atoms with van der Waals surface area (Å²) < 4.78 is 14.1. The van der Waals surface area contributed by atoms with Crippen molar-refractivity contribution in [3.63, 3.8) is 0 Å². The number of carbonyl (C=O) groups excluding carboxylic acids is 1. The summed E-state index contributed by atoms with van der Waals surface area (Å²) in [5.41, 5.74) is 5.41. The fourth-order valence-electron chi connectivity index (χ4n) is 3.93. The highest BCUT2D eigenvalue weighted by molar-refractivity contribution is 6.03. The molecule has 0 spiro atoms. The third-order valence-electron chi connectivity index (χ3n) is 6.02. The minimum atomic E-state index is -0.438. The van der Waals surface area contributed by atoms with Gasteiger partial charge < -0.3 is 9.88 Å². The Morgan fingerprint density at radius 3 is 2.33 bits per heavy atom. The summed E-state index contributed by atoms with van der Waals surface area (Å²) in [6, 6.07) is 18.4. The van der Waals surface area contributed by atoms with Crippen molar-refractivity contribution < 1.29 is 9.18 Å². The predicted molar refractivity (Wildman–Crippen MR) is 131 cm³/mol. The Kier molecular flexibility index (Phi) is 6.32. The molecule has 0 bridgehead atoms. The Morgan fingerprint density at radius 1 is 1.00 bits per heavy atom. The van der Waals surface area contributed by atoms with Crippen molar-refractivity contribution >= 4 is 16.8 Å². The molecule has 0 unspecified atom stereocenters. The number of rotatable bonds is 6. The fourth-order valence-corrected chi connectivity index (χ4v) is 3.93. The Bertz CT molecular complexity index is 1250. The molecule has 0 radical (unpaired) electrons. The Balaban J connectivity index is 1.62. The first-order valence-corrected chi connectivity index (χ1v) is 11.3. The average Bonchev–Trinajstić information content (AvgIpc) is 3.28. The summed E-state index contributed by atoms with van der Waals surface area (Å²) in [6.07, 6.45) is 3.48. The number of benzene rings is 2. The van der Waals surface area contributed by atoms with Gasteiger partial charge in [0.2, 0.25) is 0 Å². The van der Waals surface area contributed by atoms with Gasteiger partial charge in [0, 0.05) is 24.7 Å². The van der Waals surface area contributed by atoms with Gasteiger partial charge in [0.25, 0.3) is 5.91 Å². The summed E-state index contributed by atoms with van der Waals surface area (Å²) in [5.74, 6) is -0.652. The lowest BCUT2D eigenvalue weighted by Crippen LogP contribution is -2.33. The summed E-state index contributed by atoms with van der Waals surface area (Å²) in [7, 11) is 0. The number of halogens is 1. The van der Waals surface area contributed by atoms with Crippen LogP contribution in [-0.4, -0.2) is 27.3 Å². The first-order valence-electron chi connectivity index (χ1n) is 11.3. The number of hydrogen-bond donors (Lipinski definition) is 1. The number of fused-ring (bicyclic) bond motifs is 1. The number of carbonyl (C=O) groups is 1. The largest absolute Gasteiger partial charge is 0.359 e. The van der Waals surface area contributed by atoms with Crippen molar-refractivity contribution in [2.45, 2.75) is 46.1 Å². The maximum atomic E-state index is 14.1. The Hall–Kier alpha value is -3.47. The van der Waals surface area contributed by atoms with Gasteiger partial charge in [-0.05, 0) is 41.5 Å². The molecule has 0 saturated carbocycles. The number of nitrogens with one attached hydrogen (secondary N) is 1. The minimum absolute atomic E-state index is 0.0662. The van der Waals surface area contributed by atoms with Gasteiger partial charge in [-0.15, -0.1) is 0 Å². The molecule has 0 fully saturated rings. The van der Waals surface area contributed by atoms with E-state index in [-0.39, 0.29) is 17.0 Å². The van der Waals surface area contributed by atoms with Crippen LogP contribution < -0.4 is 0 Å². The van der Waals surface area contributed by atoms with E-state index >= 15 is 0 Å². The smallest absolute Gasteiger partial charge is 0.274 e. The molecule has 5 heteroatoms. The highest BCUT2D eigenvalue weighted by Crippen LogP contribution is 2.24. The summed E-state index contributed by atoms with van der Waals surface area (Å²) in [6.45, 7) is 9.59. The van der Waals surface area contributed by atoms with Gasteiger partial charge in [0.05, 0.1) is 11.7 Å². The fraction of sp³-hybridized carbons (Fsp3) is 0.286. The molecule has 170 valence electrons. The second kappa shape index (κ2) is 9.18. The average molecular weight is 444 g/mol. The van der Waals surface area contributed by atoms with Crippen LogP contribution in [0.5, 0.6) is 0 Å². The van der Waals surface area contributed by atoms with Gasteiger partial charge in [-0.25, -0.2) is 9.37 Å². The van der Waals surface area contributed by atoms with Crippen LogP contribution in [0, 0.1) is 12.7 Å². The monoisotopic (exact) mass is 443 g/mol. The maximum Gasteiger partial charge on any atom is 0.274 e. The molecule has 4 rings (SSSR count). The van der Waals surface area contributed by atoms with Crippen molar-refractivity contribution in [1.82, 2.24) is 14.9 Å². The van der Waals surface area contributed by atoms with Crippen LogP contribution in [0.4, 0.5) is 4.39 Å². The molecule has 1 amide bonds. The number of H-pyrrole nitrogens is 1. The van der Waals surface area contributed by atoms with Crippen LogP contribution in [0.15, 0.2) is 67.0 Å². The van der Waals surface area contributed by atoms with Crippen LogP contribution >= 0.6 is 0 Å². The molecule has 33 heavy (non-hydrogen) atoms. The third-order valence-corrected chi connectivity index (χ3v) is 6.02. The normalized spacial score (nSPS) is 11.7. The number of aromatic amines is 1. The molecule has 0 atom stereocenters. The van der Waals surface area contributed by atoms with Crippen molar-refractivity contribution in [1.29, 1.82) is 0 Å². The number of amides is 1. The third kappa shape index (κ3) is 5.14. The lowest BCUT2D eigenvalue weighted by Gasteiger charge is -2.24. The van der Waals surface area contributed by atoms with Crippen molar-refractivity contribution in [3.8, 4) is 0 Å². The highest BCUT2D eigenvalue weighted by atomic mass is 19.1. The van der Waals surface area contributed by atoms with E-state index in [9.17, 15) is 9.18 Å². The summed E-state index contributed by atoms with van der Waals surface area (Å²) in [4.78, 5) is 22.5. The quantitative estimate of drug-likeness (QED) is 0.386. The van der Waals surface area contributed by atoms with Crippen molar-refractivity contribution in [2.75, 3.05) is 6.54 Å². The van der Waals surface area contributed by atoms with Gasteiger partial charge in [0.1, 0.15) is 0 Å². The summed E-state index contributed by atoms with van der Waals surface area (Å²) >= 11 is 0. The first kappa shape index (κ1) is 22.7. The first-order chi connectivity index (χ1) is 15.7. The zero-order chi connectivity index (χ0) is 23.6. The van der Waals surface area contributed by atoms with E-state index in [2.05, 4.69) is 86.2 Å². The molecule has 2 aromatic heterocycles. The van der Waals surface area contributed by atoms with Crippen LogP contribution in [0.2, 0.25) is 0 Å². The maximum absolute atomic E-state index is 14.1. The standard InChI is InChI=1S/C28H30FN3O/c1-19-5-7-20(8-6-19)14-16-32(18-21-9-11-22(12-10-21)28(2,3)4)27(33)26-25-23(13-15-30-25)24(29)17-31-26/h5-13,15,17,30H,14,16,18H2,1-4H3. The highest BCUT2D eigenvalue weighted by Gasteiger charge is 2.22. The van der Waals surface area contributed by atoms with E-state index < -0.39 is 5.82 Å². The molecular weight excluding hydrogens is 413 g/mol. The Morgan fingerprint density at radius 2 is 1.67 bits per heavy atom. The molecule has 0 saturated heterocycles. The van der Waals surface area contributed by atoms with Gasteiger partial charge in [-0.3, -0.25) is 4.79 Å². The number of aryl methyl sites for hydroxylation is 1. The second-order valence-electron chi connectivity index (χ2n) is 9.63. The van der Waals surface area contributed by atoms with Gasteiger partial charge in [-0.2, -0.15) is 0 Å². The van der Waals surface area contributed by atoms with Crippen LogP contribution in [-0.2, 0) is 18.4 Å². The van der Waals surface area contributed by atoms with Gasteiger partial charge in [0.15, 0.2) is 11.5 Å². The number of nitrogens with zero attached hydrogens (tertiary/aromatic N) is 2. The number of pyridine rings is 1. The van der Waals surface area contributed by atoms with Gasteiger partial charge in [-0.1, -0.05) is 74.9 Å². The van der Waals surface area contributed by atoms with Gasteiger partial charge >= 0.3 is 0 Å². The van der Waals surface area contributed by atoms with E-state index in [4.69, 9.17) is 0 Å². The second-order valence-corrected chi connectivity index (χ2v) is 9.63. The lowest BCUT2D eigenvalue weighted by atomic mass is 9.87. The van der Waals surface area contributed by atoms with E-state index in [1.165, 1.54) is 16.7 Å². The molecule has 4 nitrogen and oxygen atoms in total. The van der Waals surface area contributed by atoms with Crippen LogP contribution in [0.1, 0.15) is 53.5 Å². The predicted octanol–water partition coefficient (Wildman–Crippen LogP) is 6.19. The van der Waals surface area contributed by atoms with E-state index in [0.29, 0.717) is 24.0 Å². The lowest BCUT2D eigenvalue weighted by molar-refractivity contribution is 0.0741. The SMILES string of the molecule is Cc1ccc(CCN(Cc2ccc(C(C)(C)C)cc2)C(=O)c2ncc(F)c3cc[nH]c23)cc1. The number of hydrogen-bond acceptors (Lipinski definition) is 2. The van der Waals surface area contributed by atoms with Crippen LogP contribution in [0.3, 0.4) is 0 Å². The summed E-state index contributed by atoms with van der Waals surface area (Å²) in [5, 5.41) is 0.376. The molecule has 1 N–H and O–H groups in total. The molecule has 0 aliphatic rings. The molecule has 0 aliphatic heterocycles. The van der Waals surface area contributed by atoms with Crippen molar-refractivity contribution in [2.24, 2.45) is 0 Å². The zero-order valence-electron chi connectivity index (χ0n) is 19.7. The molecule has 2 aromatic carbocycles. The van der Waals surface area contributed by atoms with Crippen LogP contribution in [0.25, 0.3) is 10.9 Å². The molecule has 2 heterocycles. The van der Waals surface area contributed by atoms with Crippen molar-refractivity contribution in [3.05, 3.63) is 101 Å². The zero-order valence-corrected chi connectivity index (χ0v) is 19.7. The number of aromatic nitrogens is 2. The molecule has 4 aromatic rings. The van der Waals surface area contributed by atoms with E-state index in [1.807, 2.05) is 0 Å². The Labute approximate surface area is 194 Å². The molecular formula is C28H30FN3O. The minimum Gasteiger partial charge on any atom is -0.359 e. The topological polar surface area (TPSA) is 49.0 Å². The molecule has 0 aliphatic carbocycles.